The van der Waals surface area contributed by atoms with Gasteiger partial charge in [-0.3, -0.25) is 0 Å². The highest BCUT2D eigenvalue weighted by Gasteiger charge is 2.35. The van der Waals surface area contributed by atoms with Gasteiger partial charge in [-0.05, 0) is 29.8 Å². The van der Waals surface area contributed by atoms with E-state index < -0.39 is 16.2 Å². The molecule has 1 aliphatic rings. The third-order valence-corrected chi connectivity index (χ3v) is 5.64. The normalized spacial score (nSPS) is 19.4. The van der Waals surface area contributed by atoms with E-state index >= 15 is 0 Å². The summed E-state index contributed by atoms with van der Waals surface area (Å²) < 4.78 is 32.1. The molecule has 6 heteroatoms. The van der Waals surface area contributed by atoms with Crippen molar-refractivity contribution in [2.75, 3.05) is 19.0 Å². The second kappa shape index (κ2) is 6.06. The summed E-state index contributed by atoms with van der Waals surface area (Å²) in [6, 6.07) is 14.3. The molecule has 0 aliphatic carbocycles. The molecule has 0 spiro atoms. The summed E-state index contributed by atoms with van der Waals surface area (Å²) in [6.07, 6.45) is 1.22. The lowest BCUT2D eigenvalue weighted by Gasteiger charge is -2.35. The minimum atomic E-state index is -3.52. The number of rotatable bonds is 4. The first-order valence-electron chi connectivity index (χ1n) is 7.21. The molecule has 1 aliphatic heterocycles. The van der Waals surface area contributed by atoms with E-state index in [9.17, 15) is 8.42 Å². The summed E-state index contributed by atoms with van der Waals surface area (Å²) in [5.41, 5.74) is 1.46. The Bertz CT molecular complexity index is 816. The van der Waals surface area contributed by atoms with Crippen molar-refractivity contribution >= 4 is 15.7 Å². The number of anilines is 1. The molecule has 0 amide bonds. The molecule has 1 atom stereocenters. The molecular formula is C17H18N2O3S. The molecule has 0 aromatic heterocycles. The van der Waals surface area contributed by atoms with Gasteiger partial charge in [-0.25, -0.2) is 8.42 Å². The second-order valence-corrected chi connectivity index (χ2v) is 7.20. The highest BCUT2D eigenvalue weighted by atomic mass is 32.2. The van der Waals surface area contributed by atoms with Crippen LogP contribution in [0, 0.1) is 0 Å². The molecule has 1 N–H and O–H groups in total. The molecule has 0 unspecified atom stereocenters. The summed E-state index contributed by atoms with van der Waals surface area (Å²) in [7, 11) is -1.94. The Morgan fingerprint density at radius 2 is 1.91 bits per heavy atom. The Labute approximate surface area is 136 Å². The van der Waals surface area contributed by atoms with E-state index in [4.69, 9.17) is 4.74 Å². The largest absolute Gasteiger partial charge is 0.490 e. The van der Waals surface area contributed by atoms with Crippen molar-refractivity contribution in [1.82, 2.24) is 4.31 Å². The molecule has 120 valence electrons. The van der Waals surface area contributed by atoms with Crippen molar-refractivity contribution in [3.8, 4) is 5.75 Å². The van der Waals surface area contributed by atoms with Gasteiger partial charge in [0.1, 0.15) is 23.4 Å². The Balaban J connectivity index is 1.93. The monoisotopic (exact) mass is 330 g/mol. The number of nitrogens with zero attached hydrogens (tertiary/aromatic N) is 1. The minimum Gasteiger partial charge on any atom is -0.490 e. The average molecular weight is 330 g/mol. The first-order chi connectivity index (χ1) is 11.0. The quantitative estimate of drug-likeness (QED) is 0.876. The van der Waals surface area contributed by atoms with Crippen molar-refractivity contribution < 1.29 is 13.2 Å². The van der Waals surface area contributed by atoms with Crippen LogP contribution in [-0.2, 0) is 10.0 Å². The van der Waals surface area contributed by atoms with Crippen molar-refractivity contribution in [3.63, 3.8) is 0 Å². The molecule has 3 rings (SSSR count). The van der Waals surface area contributed by atoms with Crippen molar-refractivity contribution in [2.24, 2.45) is 0 Å². The summed E-state index contributed by atoms with van der Waals surface area (Å²) >= 11 is 0. The molecule has 0 saturated carbocycles. The predicted octanol–water partition coefficient (Wildman–Crippen LogP) is 3.00. The number of hydrogen-bond acceptors (Lipinski definition) is 4. The van der Waals surface area contributed by atoms with Gasteiger partial charge < -0.3 is 10.1 Å². The lowest BCUT2D eigenvalue weighted by Crippen LogP contribution is -2.39. The molecule has 0 saturated heterocycles. The van der Waals surface area contributed by atoms with Gasteiger partial charge >= 0.3 is 0 Å². The van der Waals surface area contributed by atoms with Crippen LogP contribution in [-0.4, -0.2) is 26.4 Å². The fourth-order valence-electron chi connectivity index (χ4n) is 2.54. The van der Waals surface area contributed by atoms with Crippen LogP contribution in [0.2, 0.25) is 0 Å². The minimum absolute atomic E-state index is 0.296. The number of nitrogens with one attached hydrogen (secondary N) is 1. The maximum atomic E-state index is 12.6. The SMILES string of the molecule is C=CCOc1ccc([C@@H]2Nc3ccccc3S(=O)(=O)N2C)cc1. The topological polar surface area (TPSA) is 58.6 Å². The maximum absolute atomic E-state index is 12.6. The second-order valence-electron chi connectivity index (χ2n) is 5.23. The van der Waals surface area contributed by atoms with Crippen LogP contribution in [0.3, 0.4) is 0 Å². The van der Waals surface area contributed by atoms with Gasteiger partial charge in [0.05, 0.1) is 5.69 Å². The molecule has 2 aromatic carbocycles. The van der Waals surface area contributed by atoms with Crippen LogP contribution in [0.15, 0.2) is 66.1 Å². The Hall–Kier alpha value is -2.31. The first-order valence-corrected chi connectivity index (χ1v) is 8.65. The smallest absolute Gasteiger partial charge is 0.246 e. The predicted molar refractivity (Wildman–Crippen MR) is 89.9 cm³/mol. The fourth-order valence-corrected chi connectivity index (χ4v) is 3.96. The van der Waals surface area contributed by atoms with E-state index in [1.165, 1.54) is 4.31 Å². The number of fused-ring (bicyclic) bond motifs is 1. The Morgan fingerprint density at radius 1 is 1.22 bits per heavy atom. The summed E-state index contributed by atoms with van der Waals surface area (Å²) in [4.78, 5) is 0.296. The van der Waals surface area contributed by atoms with Gasteiger partial charge in [0, 0.05) is 7.05 Å². The lowest BCUT2D eigenvalue weighted by molar-refractivity contribution is 0.362. The zero-order valence-electron chi connectivity index (χ0n) is 12.8. The molecule has 0 bridgehead atoms. The number of hydrogen-bond donors (Lipinski definition) is 1. The van der Waals surface area contributed by atoms with Gasteiger partial charge in [-0.15, -0.1) is 0 Å². The molecule has 0 radical (unpaired) electrons. The van der Waals surface area contributed by atoms with Crippen LogP contribution >= 0.6 is 0 Å². The number of ether oxygens (including phenoxy) is 1. The standard InChI is InChI=1S/C17H18N2O3S/c1-3-12-22-14-10-8-13(9-11-14)17-18-15-6-4-5-7-16(15)23(20,21)19(17)2/h3-11,17-18H,1,12H2,2H3/t17-/m1/s1. The van der Waals surface area contributed by atoms with E-state index in [0.29, 0.717) is 17.2 Å². The number of para-hydroxylation sites is 1. The fraction of sp³-hybridized carbons (Fsp3) is 0.176. The first kappa shape index (κ1) is 15.6. The Morgan fingerprint density at radius 3 is 2.61 bits per heavy atom. The van der Waals surface area contributed by atoms with Crippen LogP contribution in [0.25, 0.3) is 0 Å². The molecule has 0 fully saturated rings. The maximum Gasteiger partial charge on any atom is 0.246 e. The zero-order valence-corrected chi connectivity index (χ0v) is 13.6. The number of benzene rings is 2. The van der Waals surface area contributed by atoms with E-state index in [1.807, 2.05) is 30.3 Å². The summed E-state index contributed by atoms with van der Waals surface area (Å²) in [5, 5.41) is 3.27. The molecule has 23 heavy (non-hydrogen) atoms. The van der Waals surface area contributed by atoms with E-state index in [-0.39, 0.29) is 0 Å². The summed E-state index contributed by atoms with van der Waals surface area (Å²) in [6.45, 7) is 4.04. The third-order valence-electron chi connectivity index (χ3n) is 3.76. The van der Waals surface area contributed by atoms with Gasteiger partial charge in [-0.1, -0.05) is 36.9 Å². The van der Waals surface area contributed by atoms with Gasteiger partial charge in [0.15, 0.2) is 0 Å². The van der Waals surface area contributed by atoms with Crippen LogP contribution < -0.4 is 10.1 Å². The lowest BCUT2D eigenvalue weighted by atomic mass is 10.1. The van der Waals surface area contributed by atoms with Crippen molar-refractivity contribution in [3.05, 3.63) is 66.7 Å². The van der Waals surface area contributed by atoms with Crippen LogP contribution in [0.5, 0.6) is 5.75 Å². The van der Waals surface area contributed by atoms with E-state index in [1.54, 1.807) is 31.3 Å². The molecule has 2 aromatic rings. The third kappa shape index (κ3) is 2.83. The van der Waals surface area contributed by atoms with Crippen molar-refractivity contribution in [1.29, 1.82) is 0 Å². The molecule has 5 nitrogen and oxygen atoms in total. The van der Waals surface area contributed by atoms with E-state index in [0.717, 1.165) is 11.3 Å². The zero-order chi connectivity index (χ0) is 16.4. The highest BCUT2D eigenvalue weighted by molar-refractivity contribution is 7.89. The number of sulfonamides is 1. The van der Waals surface area contributed by atoms with Crippen LogP contribution in [0.4, 0.5) is 5.69 Å². The summed E-state index contributed by atoms with van der Waals surface area (Å²) in [5.74, 6) is 0.718. The van der Waals surface area contributed by atoms with Crippen LogP contribution in [0.1, 0.15) is 11.7 Å². The van der Waals surface area contributed by atoms with E-state index in [2.05, 4.69) is 11.9 Å². The van der Waals surface area contributed by atoms with Gasteiger partial charge in [0.2, 0.25) is 10.0 Å². The Kier molecular flexibility index (Phi) is 4.11. The average Bonchev–Trinajstić information content (AvgIpc) is 2.57. The molecular weight excluding hydrogens is 312 g/mol. The van der Waals surface area contributed by atoms with Crippen molar-refractivity contribution in [2.45, 2.75) is 11.1 Å². The highest BCUT2D eigenvalue weighted by Crippen LogP contribution is 2.37. The van der Waals surface area contributed by atoms with Gasteiger partial charge in [-0.2, -0.15) is 4.31 Å². The van der Waals surface area contributed by atoms with Gasteiger partial charge in [0.25, 0.3) is 0 Å². The molecule has 1 heterocycles.